The Labute approximate surface area is 128 Å². The number of nitrogens with one attached hydrogen (secondary N) is 1. The van der Waals surface area contributed by atoms with Crippen LogP contribution in [0.4, 0.5) is 13.2 Å². The third kappa shape index (κ3) is 4.55. The Kier molecular flexibility index (Phi) is 7.95. The van der Waals surface area contributed by atoms with Crippen molar-refractivity contribution in [3.8, 4) is 0 Å². The number of halogens is 5. The maximum atomic E-state index is 13.2. The van der Waals surface area contributed by atoms with E-state index < -0.39 is 12.2 Å². The molecule has 1 aromatic heterocycles. The monoisotopic (exact) mass is 334 g/mol. The van der Waals surface area contributed by atoms with Crippen LogP contribution >= 0.6 is 24.8 Å². The third-order valence-corrected chi connectivity index (χ3v) is 3.13. The van der Waals surface area contributed by atoms with Crippen molar-refractivity contribution in [1.29, 1.82) is 0 Å². The summed E-state index contributed by atoms with van der Waals surface area (Å²) in [7, 11) is 0. The Balaban J connectivity index is 0.00000180. The Morgan fingerprint density at radius 3 is 2.30 bits per heavy atom. The predicted octanol–water partition coefficient (Wildman–Crippen LogP) is 3.19. The topological polar surface area (TPSA) is 28.4 Å². The number of hydrogen-bond acceptors (Lipinski definition) is 3. The molecule has 0 amide bonds. The van der Waals surface area contributed by atoms with E-state index in [1.807, 2.05) is 6.92 Å². The summed E-state index contributed by atoms with van der Waals surface area (Å²) in [5.74, 6) is 0.593. The highest BCUT2D eigenvalue weighted by molar-refractivity contribution is 5.85. The first-order valence-electron chi connectivity index (χ1n) is 6.12. The summed E-state index contributed by atoms with van der Waals surface area (Å²) in [4.78, 5) is 1.43. The molecule has 8 heteroatoms. The van der Waals surface area contributed by atoms with Crippen molar-refractivity contribution >= 4 is 24.8 Å². The molecule has 0 spiro atoms. The normalized spacial score (nSPS) is 18.0. The number of alkyl halides is 3. The lowest BCUT2D eigenvalue weighted by atomic mass is 10.1. The molecule has 2 rings (SSSR count). The van der Waals surface area contributed by atoms with E-state index in [4.69, 9.17) is 4.42 Å². The van der Waals surface area contributed by atoms with Crippen LogP contribution in [-0.2, 0) is 6.42 Å². The lowest BCUT2D eigenvalue weighted by Crippen LogP contribution is -2.48. The van der Waals surface area contributed by atoms with Crippen LogP contribution in [0, 0.1) is 0 Å². The smallest absolute Gasteiger partial charge is 0.411 e. The van der Waals surface area contributed by atoms with Gasteiger partial charge in [-0.05, 0) is 12.1 Å². The summed E-state index contributed by atoms with van der Waals surface area (Å²) in [6, 6.07) is 1.44. The molecular formula is C12H19Cl2F3N2O. The van der Waals surface area contributed by atoms with Crippen molar-refractivity contribution in [3.63, 3.8) is 0 Å². The first kappa shape index (κ1) is 19.6. The van der Waals surface area contributed by atoms with Gasteiger partial charge in [0.2, 0.25) is 0 Å². The number of aryl methyl sites for hydroxylation is 1. The summed E-state index contributed by atoms with van der Waals surface area (Å²) >= 11 is 0. The molecule has 1 fully saturated rings. The van der Waals surface area contributed by atoms with Gasteiger partial charge in [0, 0.05) is 32.6 Å². The first-order chi connectivity index (χ1) is 8.52. The molecule has 1 aliphatic heterocycles. The van der Waals surface area contributed by atoms with E-state index in [1.165, 1.54) is 11.0 Å². The molecule has 1 aromatic rings. The summed E-state index contributed by atoms with van der Waals surface area (Å²) < 4.78 is 44.8. The van der Waals surface area contributed by atoms with Crippen LogP contribution in [0.1, 0.15) is 24.5 Å². The molecule has 0 aromatic carbocycles. The predicted molar refractivity (Wildman–Crippen MR) is 75.8 cm³/mol. The minimum absolute atomic E-state index is 0. The number of nitrogens with zero attached hydrogens (tertiary/aromatic N) is 1. The van der Waals surface area contributed by atoms with Crippen molar-refractivity contribution in [2.24, 2.45) is 0 Å². The fourth-order valence-corrected chi connectivity index (χ4v) is 2.22. The van der Waals surface area contributed by atoms with E-state index in [2.05, 4.69) is 5.32 Å². The van der Waals surface area contributed by atoms with E-state index in [1.54, 1.807) is 6.07 Å². The Morgan fingerprint density at radius 2 is 1.85 bits per heavy atom. The fourth-order valence-electron chi connectivity index (χ4n) is 2.22. The summed E-state index contributed by atoms with van der Waals surface area (Å²) in [5, 5.41) is 3.05. The van der Waals surface area contributed by atoms with Gasteiger partial charge in [-0.25, -0.2) is 0 Å². The van der Waals surface area contributed by atoms with E-state index >= 15 is 0 Å². The highest BCUT2D eigenvalue weighted by Gasteiger charge is 2.46. The van der Waals surface area contributed by atoms with Crippen LogP contribution in [0.3, 0.4) is 0 Å². The second-order valence-corrected chi connectivity index (χ2v) is 4.39. The maximum Gasteiger partial charge on any atom is 0.411 e. The second kappa shape index (κ2) is 8.12. The number of hydrogen-bond donors (Lipinski definition) is 1. The van der Waals surface area contributed by atoms with Gasteiger partial charge in [0.1, 0.15) is 11.5 Å². The van der Waals surface area contributed by atoms with Gasteiger partial charge in [-0.3, -0.25) is 4.90 Å². The number of piperazine rings is 1. The van der Waals surface area contributed by atoms with E-state index in [0.717, 1.165) is 0 Å². The largest absolute Gasteiger partial charge is 0.464 e. The van der Waals surface area contributed by atoms with Crippen LogP contribution in [0.5, 0.6) is 0 Å². The Bertz CT molecular complexity index is 392. The van der Waals surface area contributed by atoms with Crippen LogP contribution in [0.25, 0.3) is 0 Å². The fraction of sp³-hybridized carbons (Fsp3) is 0.667. The van der Waals surface area contributed by atoms with Crippen LogP contribution in [0.15, 0.2) is 16.5 Å². The van der Waals surface area contributed by atoms with Gasteiger partial charge in [0.25, 0.3) is 0 Å². The quantitative estimate of drug-likeness (QED) is 0.920. The molecule has 2 heterocycles. The highest BCUT2D eigenvalue weighted by atomic mass is 35.5. The minimum Gasteiger partial charge on any atom is -0.464 e. The van der Waals surface area contributed by atoms with Gasteiger partial charge in [-0.15, -0.1) is 24.8 Å². The molecule has 0 aliphatic carbocycles. The first-order valence-corrected chi connectivity index (χ1v) is 6.12. The Hall–Kier alpha value is -0.430. The molecule has 0 saturated carbocycles. The molecule has 118 valence electrons. The maximum absolute atomic E-state index is 13.2. The van der Waals surface area contributed by atoms with Crippen LogP contribution < -0.4 is 5.32 Å². The highest BCUT2D eigenvalue weighted by Crippen LogP contribution is 2.38. The molecule has 1 atom stereocenters. The SMILES string of the molecule is CCc1ccc([C@H](N2CCNCC2)C(F)(F)F)o1.Cl.Cl. The standard InChI is InChI=1S/C12H17F3N2O.2ClH/c1-2-9-3-4-10(18-9)11(12(13,14)15)17-7-5-16-6-8-17;;/h3-4,11,16H,2,5-8H2,1H3;2*1H/t11-;;/m0../s1. The van der Waals surface area contributed by atoms with E-state index in [9.17, 15) is 13.2 Å². The number of rotatable bonds is 3. The Morgan fingerprint density at radius 1 is 1.25 bits per heavy atom. The minimum atomic E-state index is -4.31. The molecule has 1 N–H and O–H groups in total. The van der Waals surface area contributed by atoms with Crippen molar-refractivity contribution < 1.29 is 17.6 Å². The molecule has 0 unspecified atom stereocenters. The summed E-state index contributed by atoms with van der Waals surface area (Å²) in [6.45, 7) is 3.77. The van der Waals surface area contributed by atoms with Crippen molar-refractivity contribution in [1.82, 2.24) is 10.2 Å². The lowest BCUT2D eigenvalue weighted by molar-refractivity contribution is -0.192. The summed E-state index contributed by atoms with van der Waals surface area (Å²) in [5.41, 5.74) is 0. The van der Waals surface area contributed by atoms with Gasteiger partial charge in [0.15, 0.2) is 6.04 Å². The van der Waals surface area contributed by atoms with Crippen LogP contribution in [0.2, 0.25) is 0 Å². The average molecular weight is 335 g/mol. The molecule has 3 nitrogen and oxygen atoms in total. The van der Waals surface area contributed by atoms with Crippen molar-refractivity contribution in [3.05, 3.63) is 23.7 Å². The van der Waals surface area contributed by atoms with Crippen molar-refractivity contribution in [2.75, 3.05) is 26.2 Å². The molecular weight excluding hydrogens is 316 g/mol. The van der Waals surface area contributed by atoms with E-state index in [-0.39, 0.29) is 30.6 Å². The number of furan rings is 1. The van der Waals surface area contributed by atoms with Crippen LogP contribution in [-0.4, -0.2) is 37.3 Å². The van der Waals surface area contributed by atoms with Gasteiger partial charge < -0.3 is 9.73 Å². The van der Waals surface area contributed by atoms with Crippen molar-refractivity contribution in [2.45, 2.75) is 25.6 Å². The molecule has 20 heavy (non-hydrogen) atoms. The van der Waals surface area contributed by atoms with Gasteiger partial charge in [-0.2, -0.15) is 13.2 Å². The zero-order valence-corrected chi connectivity index (χ0v) is 12.7. The zero-order valence-electron chi connectivity index (χ0n) is 11.1. The molecule has 1 saturated heterocycles. The zero-order chi connectivity index (χ0) is 13.2. The van der Waals surface area contributed by atoms with Gasteiger partial charge in [-0.1, -0.05) is 6.92 Å². The second-order valence-electron chi connectivity index (χ2n) is 4.39. The average Bonchev–Trinajstić information content (AvgIpc) is 2.77. The molecule has 0 bridgehead atoms. The van der Waals surface area contributed by atoms with E-state index in [0.29, 0.717) is 38.4 Å². The molecule has 0 radical (unpaired) electrons. The van der Waals surface area contributed by atoms with Gasteiger partial charge in [0.05, 0.1) is 0 Å². The third-order valence-electron chi connectivity index (χ3n) is 3.13. The molecule has 1 aliphatic rings. The van der Waals surface area contributed by atoms with Gasteiger partial charge >= 0.3 is 6.18 Å². The summed E-state index contributed by atoms with van der Waals surface area (Å²) in [6.07, 6.45) is -3.70. The lowest BCUT2D eigenvalue weighted by Gasteiger charge is -2.34.